The Bertz CT molecular complexity index is 857. The van der Waals surface area contributed by atoms with Gasteiger partial charge in [-0.3, -0.25) is 0 Å². The molecule has 1 aliphatic carbocycles. The molecule has 1 aromatic heterocycles. The van der Waals surface area contributed by atoms with Crippen LogP contribution < -0.4 is 4.72 Å². The van der Waals surface area contributed by atoms with Crippen molar-refractivity contribution in [3.63, 3.8) is 0 Å². The number of furan rings is 1. The second-order valence-corrected chi connectivity index (χ2v) is 7.81. The molecule has 8 heteroatoms. The third-order valence-corrected chi connectivity index (χ3v) is 5.78. The Morgan fingerprint density at radius 1 is 1.33 bits per heavy atom. The van der Waals surface area contributed by atoms with E-state index in [-0.39, 0.29) is 21.5 Å². The third kappa shape index (κ3) is 3.80. The van der Waals surface area contributed by atoms with Crippen molar-refractivity contribution in [3.8, 4) is 0 Å². The highest BCUT2D eigenvalue weighted by molar-refractivity contribution is 7.89. The molecule has 0 aliphatic heterocycles. The van der Waals surface area contributed by atoms with Gasteiger partial charge in [0.25, 0.3) is 0 Å². The van der Waals surface area contributed by atoms with Crippen molar-refractivity contribution in [2.24, 2.45) is 0 Å². The van der Waals surface area contributed by atoms with E-state index in [4.69, 9.17) is 16.0 Å². The van der Waals surface area contributed by atoms with E-state index in [9.17, 15) is 18.3 Å². The molecule has 6 nitrogen and oxygen atoms in total. The zero-order chi connectivity index (χ0) is 17.3. The molecule has 1 saturated carbocycles. The van der Waals surface area contributed by atoms with E-state index < -0.39 is 16.0 Å². The first-order valence-electron chi connectivity index (χ1n) is 7.47. The predicted octanol–water partition coefficient (Wildman–Crippen LogP) is 2.86. The Balaban J connectivity index is 1.92. The summed E-state index contributed by atoms with van der Waals surface area (Å²) in [5, 5.41) is 9.43. The third-order valence-electron chi connectivity index (χ3n) is 3.80. The van der Waals surface area contributed by atoms with Gasteiger partial charge in [0.05, 0.1) is 16.8 Å². The van der Waals surface area contributed by atoms with Gasteiger partial charge in [0.1, 0.15) is 10.7 Å². The van der Waals surface area contributed by atoms with Crippen molar-refractivity contribution in [1.29, 1.82) is 0 Å². The molecule has 128 valence electrons. The number of benzene rings is 1. The molecular weight excluding hydrogens is 354 g/mol. The zero-order valence-electron chi connectivity index (χ0n) is 12.7. The van der Waals surface area contributed by atoms with Crippen molar-refractivity contribution in [2.45, 2.75) is 36.6 Å². The minimum Gasteiger partial charge on any atom is -0.478 e. The number of rotatable bonds is 7. The van der Waals surface area contributed by atoms with Gasteiger partial charge in [0.15, 0.2) is 0 Å². The number of hydrogen-bond donors (Lipinski definition) is 2. The summed E-state index contributed by atoms with van der Waals surface area (Å²) in [5.41, 5.74) is 0.399. The maximum Gasteiger partial charge on any atom is 0.336 e. The van der Waals surface area contributed by atoms with E-state index >= 15 is 0 Å². The molecule has 0 radical (unpaired) electrons. The number of nitrogens with one attached hydrogen (secondary N) is 1. The molecule has 0 unspecified atom stereocenters. The molecule has 0 saturated heterocycles. The van der Waals surface area contributed by atoms with Crippen LogP contribution in [0.3, 0.4) is 0 Å². The zero-order valence-corrected chi connectivity index (χ0v) is 14.2. The molecule has 0 spiro atoms. The Morgan fingerprint density at radius 2 is 2.08 bits per heavy atom. The average molecular weight is 370 g/mol. The lowest BCUT2D eigenvalue weighted by atomic mass is 10.0. The highest BCUT2D eigenvalue weighted by atomic mass is 35.5. The minimum atomic E-state index is -3.82. The normalized spacial score (nSPS) is 14.7. The standard InChI is InChI=1S/C16H16ClNO5S/c17-14-8-10(3-6-12-2-1-7-23-12)13(16(19)20)9-15(14)24(21,22)18-11-4-5-11/h1-2,7-9,11,18H,3-6H2,(H,19,20). The van der Waals surface area contributed by atoms with Crippen molar-refractivity contribution >= 4 is 27.6 Å². The van der Waals surface area contributed by atoms with Crippen LogP contribution in [0.25, 0.3) is 0 Å². The Labute approximate surface area is 144 Å². The van der Waals surface area contributed by atoms with Gasteiger partial charge in [-0.15, -0.1) is 0 Å². The predicted molar refractivity (Wildman–Crippen MR) is 87.9 cm³/mol. The molecule has 1 heterocycles. The molecule has 1 aromatic carbocycles. The van der Waals surface area contributed by atoms with Crippen LogP contribution in [0.2, 0.25) is 5.02 Å². The first kappa shape index (κ1) is 17.0. The Morgan fingerprint density at radius 3 is 2.67 bits per heavy atom. The summed E-state index contributed by atoms with van der Waals surface area (Å²) in [6, 6.07) is 6.00. The lowest BCUT2D eigenvalue weighted by Crippen LogP contribution is -2.26. The van der Waals surface area contributed by atoms with Crippen LogP contribution in [0.5, 0.6) is 0 Å². The van der Waals surface area contributed by atoms with Crippen LogP contribution in [0.4, 0.5) is 0 Å². The van der Waals surface area contributed by atoms with E-state index in [0.29, 0.717) is 18.4 Å². The molecular formula is C16H16ClNO5S. The Hall–Kier alpha value is -1.83. The van der Waals surface area contributed by atoms with Crippen molar-refractivity contribution < 1.29 is 22.7 Å². The lowest BCUT2D eigenvalue weighted by Gasteiger charge is -2.12. The van der Waals surface area contributed by atoms with Gasteiger partial charge >= 0.3 is 5.97 Å². The van der Waals surface area contributed by atoms with Crippen molar-refractivity contribution in [1.82, 2.24) is 4.72 Å². The summed E-state index contributed by atoms with van der Waals surface area (Å²) >= 11 is 6.12. The van der Waals surface area contributed by atoms with Gasteiger partial charge in [0.2, 0.25) is 10.0 Å². The second kappa shape index (κ2) is 6.58. The van der Waals surface area contributed by atoms with E-state index in [1.54, 1.807) is 18.4 Å². The van der Waals surface area contributed by atoms with Gasteiger partial charge in [-0.05, 0) is 49.1 Å². The summed E-state index contributed by atoms with van der Waals surface area (Å²) in [6.45, 7) is 0. The maximum absolute atomic E-state index is 12.3. The number of aryl methyl sites for hydroxylation is 2. The topological polar surface area (TPSA) is 96.6 Å². The number of carbonyl (C=O) groups is 1. The fourth-order valence-electron chi connectivity index (χ4n) is 2.40. The molecule has 0 amide bonds. The van der Waals surface area contributed by atoms with Crippen LogP contribution in [0.1, 0.15) is 34.5 Å². The van der Waals surface area contributed by atoms with Crippen LogP contribution in [0, 0.1) is 0 Å². The molecule has 0 atom stereocenters. The summed E-state index contributed by atoms with van der Waals surface area (Å²) in [5.74, 6) is -0.474. The summed E-state index contributed by atoms with van der Waals surface area (Å²) in [7, 11) is -3.82. The van der Waals surface area contributed by atoms with Crippen molar-refractivity contribution in [3.05, 3.63) is 52.4 Å². The number of carboxylic acids is 1. The first-order chi connectivity index (χ1) is 11.4. The summed E-state index contributed by atoms with van der Waals surface area (Å²) in [6.07, 6.45) is 3.98. The number of carboxylic acid groups (broad SMARTS) is 1. The van der Waals surface area contributed by atoms with Gasteiger partial charge < -0.3 is 9.52 Å². The molecule has 2 aromatic rings. The number of hydrogen-bond acceptors (Lipinski definition) is 4. The monoisotopic (exact) mass is 369 g/mol. The Kier molecular flexibility index (Phi) is 4.67. The molecule has 1 aliphatic rings. The highest BCUT2D eigenvalue weighted by Crippen LogP contribution is 2.29. The molecule has 1 fully saturated rings. The summed E-state index contributed by atoms with van der Waals surface area (Å²) < 4.78 is 32.4. The second-order valence-electron chi connectivity index (χ2n) is 5.72. The van der Waals surface area contributed by atoms with E-state index in [1.165, 1.54) is 6.07 Å². The quantitative estimate of drug-likeness (QED) is 0.782. The highest BCUT2D eigenvalue weighted by Gasteiger charge is 2.30. The smallest absolute Gasteiger partial charge is 0.336 e. The molecule has 3 rings (SSSR count). The first-order valence-corrected chi connectivity index (χ1v) is 9.33. The van der Waals surface area contributed by atoms with Crippen LogP contribution in [-0.2, 0) is 22.9 Å². The van der Waals surface area contributed by atoms with Crippen molar-refractivity contribution in [2.75, 3.05) is 0 Å². The van der Waals surface area contributed by atoms with Gasteiger partial charge in [-0.2, -0.15) is 0 Å². The summed E-state index contributed by atoms with van der Waals surface area (Å²) in [4.78, 5) is 11.3. The van der Waals surface area contributed by atoms with Crippen LogP contribution in [-0.4, -0.2) is 25.5 Å². The average Bonchev–Trinajstić information content (AvgIpc) is 3.14. The SMILES string of the molecule is O=C(O)c1cc(S(=O)(=O)NC2CC2)c(Cl)cc1CCc1ccco1. The molecule has 0 bridgehead atoms. The van der Waals surface area contributed by atoms with Crippen LogP contribution in [0.15, 0.2) is 39.8 Å². The minimum absolute atomic E-state index is 0.0163. The maximum atomic E-state index is 12.3. The fourth-order valence-corrected chi connectivity index (χ4v) is 4.28. The fraction of sp³-hybridized carbons (Fsp3) is 0.312. The number of aromatic carboxylic acids is 1. The molecule has 24 heavy (non-hydrogen) atoms. The van der Waals surface area contributed by atoms with Crippen LogP contribution >= 0.6 is 11.6 Å². The van der Waals surface area contributed by atoms with Gasteiger partial charge in [-0.25, -0.2) is 17.9 Å². The van der Waals surface area contributed by atoms with E-state index in [1.807, 2.05) is 0 Å². The number of sulfonamides is 1. The van der Waals surface area contributed by atoms with E-state index in [0.717, 1.165) is 24.7 Å². The largest absolute Gasteiger partial charge is 0.478 e. The van der Waals surface area contributed by atoms with Gasteiger partial charge in [0, 0.05) is 12.5 Å². The van der Waals surface area contributed by atoms with Gasteiger partial charge in [-0.1, -0.05) is 11.6 Å². The lowest BCUT2D eigenvalue weighted by molar-refractivity contribution is 0.0695. The number of halogens is 1. The molecule has 2 N–H and O–H groups in total. The van der Waals surface area contributed by atoms with E-state index in [2.05, 4.69) is 4.72 Å².